The van der Waals surface area contributed by atoms with Gasteiger partial charge in [-0.2, -0.15) is 0 Å². The van der Waals surface area contributed by atoms with Crippen LogP contribution in [-0.2, 0) is 19.3 Å². The van der Waals surface area contributed by atoms with E-state index in [0.29, 0.717) is 4.90 Å². The summed E-state index contributed by atoms with van der Waals surface area (Å²) in [4.78, 5) is 0.337. The third-order valence-electron chi connectivity index (χ3n) is 2.32. The van der Waals surface area contributed by atoms with Gasteiger partial charge >= 0.3 is 0 Å². The van der Waals surface area contributed by atoms with Crippen LogP contribution in [0, 0.1) is 0 Å². The normalized spacial score (nSPS) is 13.8. The van der Waals surface area contributed by atoms with Crippen LogP contribution in [-0.4, -0.2) is 38.6 Å². The Bertz CT molecular complexity index is 485. The minimum atomic E-state index is -3.26. The molecular weight excluding hydrogens is 379 g/mol. The molecule has 0 heterocycles. The highest BCUT2D eigenvalue weighted by Crippen LogP contribution is 2.10. The van der Waals surface area contributed by atoms with Crippen LogP contribution >= 0.6 is 22.6 Å². The molecule has 1 atom stereocenters. The lowest BCUT2D eigenvalue weighted by Gasteiger charge is -2.09. The average Bonchev–Trinajstić information content (AvgIpc) is 2.43. The lowest BCUT2D eigenvalue weighted by Crippen LogP contribution is -2.14. The SMILES string of the molecule is COCO[C@@H](/C=C\CS(=O)(=O)c1ccccc1)CI. The topological polar surface area (TPSA) is 52.6 Å². The molecule has 0 aliphatic rings. The lowest BCUT2D eigenvalue weighted by atomic mass is 10.4. The highest BCUT2D eigenvalue weighted by molar-refractivity contribution is 14.1. The molecule has 0 aromatic heterocycles. The first-order valence-electron chi connectivity index (χ1n) is 5.71. The molecule has 0 aliphatic heterocycles. The van der Waals surface area contributed by atoms with E-state index in [4.69, 9.17) is 9.47 Å². The van der Waals surface area contributed by atoms with Crippen LogP contribution in [0.2, 0.25) is 0 Å². The van der Waals surface area contributed by atoms with E-state index in [-0.39, 0.29) is 18.6 Å². The van der Waals surface area contributed by atoms with E-state index >= 15 is 0 Å². The first-order valence-corrected chi connectivity index (χ1v) is 8.89. The van der Waals surface area contributed by atoms with Crippen molar-refractivity contribution in [1.82, 2.24) is 0 Å². The van der Waals surface area contributed by atoms with Crippen LogP contribution in [0.15, 0.2) is 47.4 Å². The van der Waals surface area contributed by atoms with Crippen molar-refractivity contribution in [3.63, 3.8) is 0 Å². The van der Waals surface area contributed by atoms with Crippen molar-refractivity contribution >= 4 is 32.4 Å². The quantitative estimate of drug-likeness (QED) is 0.293. The standard InChI is InChI=1S/C13H17IO4S/c1-17-11-18-12(10-14)6-5-9-19(15,16)13-7-3-2-4-8-13/h2-8,12H,9-11H2,1H3/b6-5-/t12-/m0/s1. The second-order valence-corrected chi connectivity index (χ2v) is 6.70. The largest absolute Gasteiger partial charge is 0.359 e. The van der Waals surface area contributed by atoms with Gasteiger partial charge in [0.05, 0.1) is 16.8 Å². The van der Waals surface area contributed by atoms with E-state index in [1.54, 1.807) is 49.6 Å². The van der Waals surface area contributed by atoms with Gasteiger partial charge in [-0.15, -0.1) is 0 Å². The molecule has 6 heteroatoms. The average molecular weight is 396 g/mol. The summed E-state index contributed by atoms with van der Waals surface area (Å²) in [5.41, 5.74) is 0. The van der Waals surface area contributed by atoms with E-state index in [1.165, 1.54) is 0 Å². The Hall–Kier alpha value is -0.440. The van der Waals surface area contributed by atoms with Gasteiger partial charge in [0.25, 0.3) is 0 Å². The molecular formula is C13H17IO4S. The summed E-state index contributed by atoms with van der Waals surface area (Å²) in [5, 5.41) is 0. The summed E-state index contributed by atoms with van der Waals surface area (Å²) in [7, 11) is -1.71. The molecule has 0 aliphatic carbocycles. The van der Waals surface area contributed by atoms with Crippen LogP contribution in [0.4, 0.5) is 0 Å². The zero-order chi connectivity index (χ0) is 14.1. The first-order chi connectivity index (χ1) is 9.10. The van der Waals surface area contributed by atoms with Crippen molar-refractivity contribution in [2.45, 2.75) is 11.0 Å². The Balaban J connectivity index is 2.60. The Morgan fingerprint density at radius 2 is 2.00 bits per heavy atom. The number of alkyl halides is 1. The third-order valence-corrected chi connectivity index (χ3v) is 4.81. The summed E-state index contributed by atoms with van der Waals surface area (Å²) in [6.07, 6.45) is 3.25. The number of hydrogen-bond acceptors (Lipinski definition) is 4. The maximum atomic E-state index is 12.0. The van der Waals surface area contributed by atoms with Gasteiger partial charge in [-0.3, -0.25) is 0 Å². The molecule has 1 aromatic rings. The molecule has 0 spiro atoms. The van der Waals surface area contributed by atoms with Crippen molar-refractivity contribution in [2.75, 3.05) is 24.1 Å². The Labute approximate surface area is 127 Å². The number of sulfone groups is 1. The second-order valence-electron chi connectivity index (χ2n) is 3.79. The number of hydrogen-bond donors (Lipinski definition) is 0. The fourth-order valence-electron chi connectivity index (χ4n) is 1.37. The molecule has 0 saturated heterocycles. The number of ether oxygens (including phenoxy) is 2. The number of rotatable bonds is 8. The Kier molecular flexibility index (Phi) is 7.59. The zero-order valence-electron chi connectivity index (χ0n) is 10.7. The number of methoxy groups -OCH3 is 1. The van der Waals surface area contributed by atoms with E-state index in [2.05, 4.69) is 22.6 Å². The Morgan fingerprint density at radius 1 is 1.32 bits per heavy atom. The molecule has 0 amide bonds. The predicted molar refractivity (Wildman–Crippen MR) is 83.3 cm³/mol. The fourth-order valence-corrected chi connectivity index (χ4v) is 3.04. The molecule has 0 unspecified atom stereocenters. The van der Waals surface area contributed by atoms with Gasteiger partial charge in [-0.05, 0) is 12.1 Å². The highest BCUT2D eigenvalue weighted by atomic mass is 127. The van der Waals surface area contributed by atoms with Crippen molar-refractivity contribution < 1.29 is 17.9 Å². The highest BCUT2D eigenvalue weighted by Gasteiger charge is 2.11. The monoisotopic (exact) mass is 396 g/mol. The van der Waals surface area contributed by atoms with E-state index in [1.807, 2.05) is 0 Å². The van der Waals surface area contributed by atoms with Gasteiger partial charge < -0.3 is 9.47 Å². The Morgan fingerprint density at radius 3 is 2.58 bits per heavy atom. The van der Waals surface area contributed by atoms with Crippen molar-refractivity contribution in [3.8, 4) is 0 Å². The number of halogens is 1. The summed E-state index contributed by atoms with van der Waals surface area (Å²) in [6.45, 7) is 0.198. The van der Waals surface area contributed by atoms with E-state index in [9.17, 15) is 8.42 Å². The van der Waals surface area contributed by atoms with Crippen LogP contribution < -0.4 is 0 Å². The summed E-state index contributed by atoms with van der Waals surface area (Å²) in [5.74, 6) is -0.0273. The van der Waals surface area contributed by atoms with E-state index in [0.717, 1.165) is 4.43 Å². The van der Waals surface area contributed by atoms with Crippen molar-refractivity contribution in [1.29, 1.82) is 0 Å². The molecule has 106 valence electrons. The van der Waals surface area contributed by atoms with Crippen LogP contribution in [0.3, 0.4) is 0 Å². The molecule has 19 heavy (non-hydrogen) atoms. The maximum Gasteiger partial charge on any atom is 0.181 e. The fraction of sp³-hybridized carbons (Fsp3) is 0.385. The smallest absolute Gasteiger partial charge is 0.181 e. The molecule has 0 N–H and O–H groups in total. The van der Waals surface area contributed by atoms with Gasteiger partial charge in [-0.1, -0.05) is 52.9 Å². The third kappa shape index (κ3) is 6.03. The minimum Gasteiger partial charge on any atom is -0.359 e. The predicted octanol–water partition coefficient (Wildman–Crippen LogP) is 2.44. The van der Waals surface area contributed by atoms with Gasteiger partial charge in [-0.25, -0.2) is 8.42 Å². The van der Waals surface area contributed by atoms with Crippen molar-refractivity contribution in [3.05, 3.63) is 42.5 Å². The molecule has 4 nitrogen and oxygen atoms in total. The lowest BCUT2D eigenvalue weighted by molar-refractivity contribution is -0.0472. The molecule has 0 fully saturated rings. The second kappa shape index (κ2) is 8.68. The number of benzene rings is 1. The first kappa shape index (κ1) is 16.6. The van der Waals surface area contributed by atoms with Crippen LogP contribution in [0.5, 0.6) is 0 Å². The van der Waals surface area contributed by atoms with Crippen molar-refractivity contribution in [2.24, 2.45) is 0 Å². The van der Waals surface area contributed by atoms with E-state index < -0.39 is 9.84 Å². The van der Waals surface area contributed by atoms with Gasteiger partial charge in [0.2, 0.25) is 0 Å². The minimum absolute atomic E-state index is 0.0273. The molecule has 1 aromatic carbocycles. The summed E-state index contributed by atoms with van der Waals surface area (Å²) >= 11 is 2.18. The summed E-state index contributed by atoms with van der Waals surface area (Å²) in [6, 6.07) is 8.41. The summed E-state index contributed by atoms with van der Waals surface area (Å²) < 4.78 is 34.9. The van der Waals surface area contributed by atoms with Crippen LogP contribution in [0.25, 0.3) is 0 Å². The van der Waals surface area contributed by atoms with Gasteiger partial charge in [0.1, 0.15) is 6.79 Å². The molecule has 0 radical (unpaired) electrons. The molecule has 1 rings (SSSR count). The maximum absolute atomic E-state index is 12.0. The molecule has 0 saturated carbocycles. The van der Waals surface area contributed by atoms with Gasteiger partial charge in [0.15, 0.2) is 9.84 Å². The molecule has 0 bridgehead atoms. The van der Waals surface area contributed by atoms with Gasteiger partial charge in [0, 0.05) is 11.5 Å². The van der Waals surface area contributed by atoms with Crippen LogP contribution in [0.1, 0.15) is 0 Å². The zero-order valence-corrected chi connectivity index (χ0v) is 13.6.